The van der Waals surface area contributed by atoms with Crippen LogP contribution in [0, 0.1) is 5.92 Å². The Morgan fingerprint density at radius 3 is 2.50 bits per heavy atom. The summed E-state index contributed by atoms with van der Waals surface area (Å²) >= 11 is 5.76. The van der Waals surface area contributed by atoms with Crippen molar-refractivity contribution < 1.29 is 5.11 Å². The molecule has 1 aliphatic rings. The highest BCUT2D eigenvalue weighted by Crippen LogP contribution is 2.46. The third kappa shape index (κ3) is 1.47. The van der Waals surface area contributed by atoms with Gasteiger partial charge < -0.3 is 5.11 Å². The molecule has 1 aliphatic carbocycles. The molecule has 64 valence electrons. The number of benzene rings is 1. The minimum Gasteiger partial charge on any atom is -0.396 e. The minimum atomic E-state index is 0.313. The first-order chi connectivity index (χ1) is 5.81. The van der Waals surface area contributed by atoms with E-state index in [4.69, 9.17) is 16.7 Å². The zero-order valence-corrected chi connectivity index (χ0v) is 7.46. The number of aliphatic hydroxyl groups is 1. The Kier molecular flexibility index (Phi) is 2.07. The predicted octanol–water partition coefficient (Wildman–Crippen LogP) is 2.44. The fourth-order valence-corrected chi connectivity index (χ4v) is 1.69. The van der Waals surface area contributed by atoms with E-state index in [0.29, 0.717) is 18.4 Å². The Morgan fingerprint density at radius 2 is 2.00 bits per heavy atom. The molecule has 0 aromatic heterocycles. The van der Waals surface area contributed by atoms with Gasteiger partial charge in [-0.1, -0.05) is 23.7 Å². The van der Waals surface area contributed by atoms with Crippen molar-refractivity contribution in [2.75, 3.05) is 6.61 Å². The summed E-state index contributed by atoms with van der Waals surface area (Å²) in [7, 11) is 0. The van der Waals surface area contributed by atoms with Crippen molar-refractivity contribution in [2.24, 2.45) is 5.92 Å². The van der Waals surface area contributed by atoms with Gasteiger partial charge >= 0.3 is 0 Å². The summed E-state index contributed by atoms with van der Waals surface area (Å²) in [5.41, 5.74) is 1.30. The van der Waals surface area contributed by atoms with Gasteiger partial charge in [-0.3, -0.25) is 0 Å². The average molecular weight is 183 g/mol. The van der Waals surface area contributed by atoms with Crippen LogP contribution in [0.4, 0.5) is 0 Å². The zero-order valence-electron chi connectivity index (χ0n) is 6.70. The molecule has 2 heteroatoms. The van der Waals surface area contributed by atoms with E-state index in [1.54, 1.807) is 0 Å². The molecule has 0 spiro atoms. The molecule has 0 radical (unpaired) electrons. The fraction of sp³-hybridized carbons (Fsp3) is 0.400. The summed E-state index contributed by atoms with van der Waals surface area (Å²) in [5.74, 6) is 1.07. The lowest BCUT2D eigenvalue weighted by molar-refractivity contribution is 0.274. The zero-order chi connectivity index (χ0) is 8.55. The maximum absolute atomic E-state index is 8.87. The van der Waals surface area contributed by atoms with Crippen LogP contribution < -0.4 is 0 Å². The molecule has 1 aromatic carbocycles. The minimum absolute atomic E-state index is 0.313. The van der Waals surface area contributed by atoms with Gasteiger partial charge in [0.05, 0.1) is 0 Å². The molecular weight excluding hydrogens is 172 g/mol. The summed E-state index contributed by atoms with van der Waals surface area (Å²) < 4.78 is 0. The van der Waals surface area contributed by atoms with Gasteiger partial charge in [0.25, 0.3) is 0 Å². The molecule has 2 atom stereocenters. The standard InChI is InChI=1S/C10H11ClO/c11-9-3-1-7(2-4-9)10-5-8(10)6-12/h1-4,8,10,12H,5-6H2/t8-,10?/m0/s1. The quantitative estimate of drug-likeness (QED) is 0.745. The van der Waals surface area contributed by atoms with Crippen molar-refractivity contribution in [3.63, 3.8) is 0 Å². The Morgan fingerprint density at radius 1 is 1.33 bits per heavy atom. The fourth-order valence-electron chi connectivity index (χ4n) is 1.57. The van der Waals surface area contributed by atoms with Crippen LogP contribution in [0.15, 0.2) is 24.3 Å². The summed E-state index contributed by atoms with van der Waals surface area (Å²) in [6.07, 6.45) is 1.12. The van der Waals surface area contributed by atoms with E-state index < -0.39 is 0 Å². The highest BCUT2D eigenvalue weighted by atomic mass is 35.5. The molecule has 0 aliphatic heterocycles. The maximum atomic E-state index is 8.87. The number of rotatable bonds is 2. The molecule has 1 unspecified atom stereocenters. The Hall–Kier alpha value is -0.530. The van der Waals surface area contributed by atoms with Crippen LogP contribution in [-0.2, 0) is 0 Å². The Bertz CT molecular complexity index is 268. The van der Waals surface area contributed by atoms with Crippen molar-refractivity contribution in [1.82, 2.24) is 0 Å². The van der Waals surface area contributed by atoms with E-state index in [-0.39, 0.29) is 0 Å². The highest BCUT2D eigenvalue weighted by molar-refractivity contribution is 6.30. The topological polar surface area (TPSA) is 20.2 Å². The summed E-state index contributed by atoms with van der Waals surface area (Å²) in [6, 6.07) is 7.90. The van der Waals surface area contributed by atoms with E-state index in [1.165, 1.54) is 5.56 Å². The molecule has 0 bridgehead atoms. The van der Waals surface area contributed by atoms with Gasteiger partial charge in [-0.15, -0.1) is 0 Å². The predicted molar refractivity (Wildman–Crippen MR) is 49.4 cm³/mol. The third-order valence-electron chi connectivity index (χ3n) is 2.46. The number of aliphatic hydroxyl groups excluding tert-OH is 1. The van der Waals surface area contributed by atoms with Crippen LogP contribution >= 0.6 is 11.6 Å². The molecule has 12 heavy (non-hydrogen) atoms. The van der Waals surface area contributed by atoms with Crippen LogP contribution in [0.2, 0.25) is 5.02 Å². The summed E-state index contributed by atoms with van der Waals surface area (Å²) in [5, 5.41) is 9.64. The Balaban J connectivity index is 2.10. The first-order valence-corrected chi connectivity index (χ1v) is 4.55. The normalized spacial score (nSPS) is 27.2. The molecule has 1 N–H and O–H groups in total. The van der Waals surface area contributed by atoms with Crippen molar-refractivity contribution in [1.29, 1.82) is 0 Å². The summed E-state index contributed by atoms with van der Waals surface area (Å²) in [6.45, 7) is 0.313. The third-order valence-corrected chi connectivity index (χ3v) is 2.71. The first-order valence-electron chi connectivity index (χ1n) is 4.17. The lowest BCUT2D eigenvalue weighted by atomic mass is 10.1. The highest BCUT2D eigenvalue weighted by Gasteiger charge is 2.37. The van der Waals surface area contributed by atoms with Crippen molar-refractivity contribution >= 4 is 11.6 Å². The lowest BCUT2D eigenvalue weighted by Gasteiger charge is -1.97. The SMILES string of the molecule is OC[C@@H]1CC1c1ccc(Cl)cc1. The second-order valence-corrected chi connectivity index (χ2v) is 3.77. The van der Waals surface area contributed by atoms with Gasteiger partial charge in [0.15, 0.2) is 0 Å². The molecule has 1 fully saturated rings. The van der Waals surface area contributed by atoms with Gasteiger partial charge in [0.1, 0.15) is 0 Å². The monoisotopic (exact) mass is 182 g/mol. The molecule has 1 saturated carbocycles. The van der Waals surface area contributed by atoms with Gasteiger partial charge in [0.2, 0.25) is 0 Å². The van der Waals surface area contributed by atoms with E-state index in [0.717, 1.165) is 11.4 Å². The lowest BCUT2D eigenvalue weighted by Crippen LogP contribution is -1.87. The van der Waals surface area contributed by atoms with Crippen molar-refractivity contribution in [3.05, 3.63) is 34.9 Å². The van der Waals surface area contributed by atoms with Crippen LogP contribution in [0.3, 0.4) is 0 Å². The Labute approximate surface area is 77.0 Å². The molecule has 1 aromatic rings. The second-order valence-electron chi connectivity index (χ2n) is 3.34. The summed E-state index contributed by atoms with van der Waals surface area (Å²) in [4.78, 5) is 0. The molecule has 0 saturated heterocycles. The van der Waals surface area contributed by atoms with Crippen molar-refractivity contribution in [3.8, 4) is 0 Å². The number of hydrogen-bond donors (Lipinski definition) is 1. The average Bonchev–Trinajstić information content (AvgIpc) is 2.85. The molecule has 1 nitrogen and oxygen atoms in total. The number of halogens is 1. The molecular formula is C10H11ClO. The number of hydrogen-bond acceptors (Lipinski definition) is 1. The molecule has 0 amide bonds. The maximum Gasteiger partial charge on any atom is 0.0465 e. The van der Waals surface area contributed by atoms with Gasteiger partial charge in [-0.25, -0.2) is 0 Å². The second kappa shape index (κ2) is 3.08. The van der Waals surface area contributed by atoms with Crippen LogP contribution in [0.1, 0.15) is 17.9 Å². The smallest absolute Gasteiger partial charge is 0.0465 e. The van der Waals surface area contributed by atoms with E-state index in [2.05, 4.69) is 0 Å². The molecule has 0 heterocycles. The first kappa shape index (κ1) is 8.09. The van der Waals surface area contributed by atoms with Gasteiger partial charge in [-0.2, -0.15) is 0 Å². The van der Waals surface area contributed by atoms with Crippen LogP contribution in [0.25, 0.3) is 0 Å². The van der Waals surface area contributed by atoms with Crippen LogP contribution in [-0.4, -0.2) is 11.7 Å². The van der Waals surface area contributed by atoms with Gasteiger partial charge in [-0.05, 0) is 36.0 Å². The van der Waals surface area contributed by atoms with Crippen LogP contribution in [0.5, 0.6) is 0 Å². The van der Waals surface area contributed by atoms with E-state index >= 15 is 0 Å². The van der Waals surface area contributed by atoms with E-state index in [9.17, 15) is 0 Å². The van der Waals surface area contributed by atoms with E-state index in [1.807, 2.05) is 24.3 Å². The molecule has 2 rings (SSSR count). The largest absolute Gasteiger partial charge is 0.396 e. The van der Waals surface area contributed by atoms with Crippen molar-refractivity contribution in [2.45, 2.75) is 12.3 Å². The van der Waals surface area contributed by atoms with Gasteiger partial charge in [0, 0.05) is 11.6 Å².